The van der Waals surface area contributed by atoms with Crippen LogP contribution in [0.25, 0.3) is 11.1 Å². The van der Waals surface area contributed by atoms with E-state index in [4.69, 9.17) is 27.2 Å². The molecule has 0 aliphatic carbocycles. The molecule has 2 aliphatic rings. The smallest absolute Gasteiger partial charge is 0.169 e. The van der Waals surface area contributed by atoms with Crippen LogP contribution in [-0.4, -0.2) is 53.3 Å². The summed E-state index contributed by atoms with van der Waals surface area (Å²) < 4.78 is 6.23. The minimum Gasteiger partial charge on any atom is -0.370 e. The third-order valence-electron chi connectivity index (χ3n) is 6.43. The van der Waals surface area contributed by atoms with Gasteiger partial charge in [-0.1, -0.05) is 44.2 Å². The zero-order chi connectivity index (χ0) is 23.6. The number of nitrogens with zero attached hydrogens (tertiary/aromatic N) is 4. The van der Waals surface area contributed by atoms with Crippen LogP contribution in [0.5, 0.6) is 0 Å². The molecule has 0 atom stereocenters. The zero-order valence-electron chi connectivity index (χ0n) is 20.0. The highest BCUT2D eigenvalue weighted by molar-refractivity contribution is 7.80. The third kappa shape index (κ3) is 4.97. The largest absolute Gasteiger partial charge is 0.370 e. The van der Waals surface area contributed by atoms with Crippen molar-refractivity contribution in [2.24, 2.45) is 0 Å². The fourth-order valence-electron chi connectivity index (χ4n) is 4.74. The maximum absolute atomic E-state index is 8.83. The number of piperazine rings is 1. The molecule has 2 aliphatic heterocycles. The number of rotatable bonds is 4. The van der Waals surface area contributed by atoms with Crippen molar-refractivity contribution in [1.29, 1.82) is 5.26 Å². The number of hydrogen-bond acceptors (Lipinski definition) is 5. The molecule has 0 saturated carbocycles. The van der Waals surface area contributed by atoms with Gasteiger partial charge in [-0.3, -0.25) is 0 Å². The van der Waals surface area contributed by atoms with Crippen LogP contribution in [-0.2, 0) is 17.8 Å². The molecule has 7 heteroatoms. The zero-order valence-corrected chi connectivity index (χ0v) is 20.8. The molecular formula is C26H33N5OS. The van der Waals surface area contributed by atoms with E-state index in [0.29, 0.717) is 17.6 Å². The lowest BCUT2D eigenvalue weighted by atomic mass is 9.84. The maximum Gasteiger partial charge on any atom is 0.169 e. The number of benzene rings is 1. The number of nitrogens with one attached hydrogen (secondary N) is 1. The average molecular weight is 464 g/mol. The second-order valence-electron chi connectivity index (χ2n) is 9.69. The third-order valence-corrected chi connectivity index (χ3v) is 6.83. The summed E-state index contributed by atoms with van der Waals surface area (Å²) in [5.74, 6) is 1.38. The van der Waals surface area contributed by atoms with Crippen molar-refractivity contribution < 1.29 is 4.74 Å². The molecule has 0 unspecified atom stereocenters. The van der Waals surface area contributed by atoms with Gasteiger partial charge in [0.2, 0.25) is 0 Å². The maximum atomic E-state index is 8.83. The normalized spacial score (nSPS) is 17.5. The van der Waals surface area contributed by atoms with Gasteiger partial charge in [-0.25, -0.2) is 4.98 Å². The molecule has 1 fully saturated rings. The van der Waals surface area contributed by atoms with Gasteiger partial charge in [-0.15, -0.1) is 0 Å². The molecule has 1 aromatic carbocycles. The fourth-order valence-corrected chi connectivity index (χ4v) is 5.00. The molecule has 1 N–H and O–H groups in total. The number of thiocarbonyl (C=S) groups is 1. The second-order valence-corrected chi connectivity index (χ2v) is 10.1. The highest BCUT2D eigenvalue weighted by Gasteiger charge is 2.34. The van der Waals surface area contributed by atoms with Crippen molar-refractivity contribution in [1.82, 2.24) is 15.2 Å². The van der Waals surface area contributed by atoms with Crippen LogP contribution < -0.4 is 10.2 Å². The van der Waals surface area contributed by atoms with Gasteiger partial charge in [0, 0.05) is 43.7 Å². The monoisotopic (exact) mass is 463 g/mol. The van der Waals surface area contributed by atoms with E-state index in [0.717, 1.165) is 44.1 Å². The first-order chi connectivity index (χ1) is 15.8. The van der Waals surface area contributed by atoms with Gasteiger partial charge in [0.25, 0.3) is 0 Å². The van der Waals surface area contributed by atoms with Crippen LogP contribution in [0.15, 0.2) is 30.3 Å². The predicted octanol–water partition coefficient (Wildman–Crippen LogP) is 4.24. The Hall–Kier alpha value is -2.69. The quantitative estimate of drug-likeness (QED) is 0.537. The second kappa shape index (κ2) is 9.66. The number of aromatic nitrogens is 1. The fraction of sp³-hybridized carbons (Fsp3) is 0.500. The van der Waals surface area contributed by atoms with E-state index in [9.17, 15) is 0 Å². The topological polar surface area (TPSA) is 64.4 Å². The molecule has 174 valence electrons. The number of hydrogen-bond donors (Lipinski definition) is 1. The summed E-state index contributed by atoms with van der Waals surface area (Å²) in [5, 5.41) is 12.5. The molecule has 33 heavy (non-hydrogen) atoms. The number of anilines is 1. The van der Waals surface area contributed by atoms with E-state index in [2.05, 4.69) is 79.2 Å². The first-order valence-electron chi connectivity index (χ1n) is 11.7. The molecule has 0 spiro atoms. The molecule has 2 aromatic rings. The van der Waals surface area contributed by atoms with E-state index >= 15 is 0 Å². The summed E-state index contributed by atoms with van der Waals surface area (Å²) in [6, 6.07) is 12.7. The van der Waals surface area contributed by atoms with Gasteiger partial charge < -0.3 is 19.9 Å². The van der Waals surface area contributed by atoms with Crippen molar-refractivity contribution in [3.63, 3.8) is 0 Å². The van der Waals surface area contributed by atoms with Gasteiger partial charge in [-0.2, -0.15) is 5.26 Å². The summed E-state index contributed by atoms with van der Waals surface area (Å²) in [4.78, 5) is 9.83. The molecular weight excluding hydrogens is 430 g/mol. The summed E-state index contributed by atoms with van der Waals surface area (Å²) >= 11 is 5.47. The first-order valence-corrected chi connectivity index (χ1v) is 12.1. The minimum atomic E-state index is -0.208. The van der Waals surface area contributed by atoms with Gasteiger partial charge in [0.1, 0.15) is 12.4 Å². The Balaban J connectivity index is 1.76. The van der Waals surface area contributed by atoms with Crippen LogP contribution in [0.4, 0.5) is 5.82 Å². The highest BCUT2D eigenvalue weighted by atomic mass is 32.1. The van der Waals surface area contributed by atoms with Gasteiger partial charge in [0.15, 0.2) is 5.11 Å². The van der Waals surface area contributed by atoms with Crippen molar-refractivity contribution in [2.45, 2.75) is 52.2 Å². The van der Waals surface area contributed by atoms with Crippen molar-refractivity contribution >= 4 is 23.1 Å². The van der Waals surface area contributed by atoms with E-state index in [1.165, 1.54) is 22.3 Å². The summed E-state index contributed by atoms with van der Waals surface area (Å²) in [6.45, 7) is 12.9. The van der Waals surface area contributed by atoms with E-state index in [1.54, 1.807) is 0 Å². The Morgan fingerprint density at radius 3 is 2.52 bits per heavy atom. The van der Waals surface area contributed by atoms with Crippen LogP contribution in [0.1, 0.15) is 50.4 Å². The lowest BCUT2D eigenvalue weighted by molar-refractivity contribution is -0.0405. The van der Waals surface area contributed by atoms with Crippen LogP contribution in [0.2, 0.25) is 0 Å². The minimum absolute atomic E-state index is 0.208. The molecule has 6 nitrogen and oxygen atoms in total. The molecule has 1 aromatic heterocycles. The summed E-state index contributed by atoms with van der Waals surface area (Å²) in [6.07, 6.45) is 0.865. The standard InChI is InChI=1S/C26H33N5OS/c1-18(2)23-21-17-32-26(3,4)16-20(21)22(19-8-6-5-7-9-19)24(29-23)30-12-14-31(15-13-30)25(33)28-11-10-27/h5-9,18H,11-17H2,1-4H3,(H,28,33). The summed E-state index contributed by atoms with van der Waals surface area (Å²) in [5.41, 5.74) is 6.01. The number of pyridine rings is 1. The average Bonchev–Trinajstić information content (AvgIpc) is 2.81. The lowest BCUT2D eigenvalue weighted by Gasteiger charge is -2.40. The first kappa shape index (κ1) is 23.5. The SMILES string of the molecule is CC(C)c1nc(N2CCN(C(=S)NCC#N)CC2)c(-c2ccccc2)c2c1COC(C)(C)C2. The van der Waals surface area contributed by atoms with Crippen molar-refractivity contribution in [3.05, 3.63) is 47.2 Å². The molecule has 4 rings (SSSR count). The Kier molecular flexibility index (Phi) is 6.87. The predicted molar refractivity (Wildman–Crippen MR) is 136 cm³/mol. The molecule has 3 heterocycles. The molecule has 0 amide bonds. The number of nitriles is 1. The van der Waals surface area contributed by atoms with Crippen LogP contribution in [0.3, 0.4) is 0 Å². The molecule has 0 radical (unpaired) electrons. The van der Waals surface area contributed by atoms with Gasteiger partial charge in [0.05, 0.1) is 24.0 Å². The van der Waals surface area contributed by atoms with Crippen LogP contribution in [0, 0.1) is 11.3 Å². The van der Waals surface area contributed by atoms with Crippen LogP contribution >= 0.6 is 12.2 Å². The van der Waals surface area contributed by atoms with Gasteiger partial charge in [-0.05, 0) is 43.1 Å². The Bertz CT molecular complexity index is 1050. The lowest BCUT2D eigenvalue weighted by Crippen LogP contribution is -2.52. The summed E-state index contributed by atoms with van der Waals surface area (Å²) in [7, 11) is 0. The van der Waals surface area contributed by atoms with Crippen molar-refractivity contribution in [2.75, 3.05) is 37.6 Å². The van der Waals surface area contributed by atoms with E-state index in [-0.39, 0.29) is 12.1 Å². The van der Waals surface area contributed by atoms with E-state index in [1.807, 2.05) is 0 Å². The number of ether oxygens (including phenoxy) is 1. The number of fused-ring (bicyclic) bond motifs is 1. The Morgan fingerprint density at radius 2 is 1.88 bits per heavy atom. The Morgan fingerprint density at radius 1 is 1.18 bits per heavy atom. The Labute approximate surface area is 202 Å². The van der Waals surface area contributed by atoms with Gasteiger partial charge >= 0.3 is 0 Å². The molecule has 0 bridgehead atoms. The highest BCUT2D eigenvalue weighted by Crippen LogP contribution is 2.42. The van der Waals surface area contributed by atoms with E-state index < -0.39 is 0 Å². The van der Waals surface area contributed by atoms with Crippen molar-refractivity contribution in [3.8, 4) is 17.2 Å². The molecule has 1 saturated heterocycles.